The number of benzene rings is 1. The molecule has 2 aromatic rings. The number of thiocarbonyl (C=S) groups is 1. The van der Waals surface area contributed by atoms with Gasteiger partial charge in [-0.25, -0.2) is 0 Å². The summed E-state index contributed by atoms with van der Waals surface area (Å²) >= 11 is 12.6. The number of carbonyl (C=O) groups is 2. The van der Waals surface area contributed by atoms with Crippen LogP contribution in [0, 0.1) is 0 Å². The maximum Gasteiger partial charge on any atom is 0.264 e. The first-order valence-electron chi connectivity index (χ1n) is 8.38. The number of amides is 2. The largest absolute Gasteiger partial charge is 0.482 e. The fourth-order valence-corrected chi connectivity index (χ4v) is 4.69. The molecular formula is C18H18ClN3O3S2. The van der Waals surface area contributed by atoms with E-state index in [1.807, 2.05) is 0 Å². The molecule has 0 saturated heterocycles. The van der Waals surface area contributed by atoms with Gasteiger partial charge in [-0.05, 0) is 55.6 Å². The van der Waals surface area contributed by atoms with Crippen molar-refractivity contribution in [1.29, 1.82) is 0 Å². The van der Waals surface area contributed by atoms with Gasteiger partial charge in [-0.3, -0.25) is 14.9 Å². The molecule has 0 atom stereocenters. The van der Waals surface area contributed by atoms with Crippen LogP contribution in [0.25, 0.3) is 0 Å². The van der Waals surface area contributed by atoms with Crippen LogP contribution >= 0.6 is 35.2 Å². The van der Waals surface area contributed by atoms with Gasteiger partial charge in [-0.15, -0.1) is 11.3 Å². The van der Waals surface area contributed by atoms with Crippen LogP contribution in [-0.2, 0) is 17.6 Å². The van der Waals surface area contributed by atoms with Gasteiger partial charge in [0.1, 0.15) is 10.8 Å². The summed E-state index contributed by atoms with van der Waals surface area (Å²) < 4.78 is 5.38. The van der Waals surface area contributed by atoms with Crippen molar-refractivity contribution in [3.05, 3.63) is 45.3 Å². The highest BCUT2D eigenvalue weighted by Gasteiger charge is 2.24. The SMILES string of the molecule is NC(=O)c1c(NC(=S)NC(=O)COc2ccccc2Cl)sc2c1CCCC2. The van der Waals surface area contributed by atoms with Crippen LogP contribution in [0.15, 0.2) is 24.3 Å². The molecule has 1 aromatic carbocycles. The topological polar surface area (TPSA) is 93.5 Å². The number of hydrogen-bond acceptors (Lipinski definition) is 5. The zero-order chi connectivity index (χ0) is 19.4. The summed E-state index contributed by atoms with van der Waals surface area (Å²) in [5, 5.41) is 6.54. The predicted octanol–water partition coefficient (Wildman–Crippen LogP) is 3.27. The monoisotopic (exact) mass is 423 g/mol. The van der Waals surface area contributed by atoms with Gasteiger partial charge in [0, 0.05) is 4.88 Å². The molecular weight excluding hydrogens is 406 g/mol. The normalized spacial score (nSPS) is 12.8. The fraction of sp³-hybridized carbons (Fsp3) is 0.278. The Labute approximate surface area is 171 Å². The van der Waals surface area contributed by atoms with Gasteiger partial charge >= 0.3 is 0 Å². The van der Waals surface area contributed by atoms with Crippen molar-refractivity contribution in [1.82, 2.24) is 5.32 Å². The highest BCUT2D eigenvalue weighted by atomic mass is 35.5. The van der Waals surface area contributed by atoms with Crippen molar-refractivity contribution in [2.45, 2.75) is 25.7 Å². The molecule has 27 heavy (non-hydrogen) atoms. The predicted molar refractivity (Wildman–Crippen MR) is 111 cm³/mol. The van der Waals surface area contributed by atoms with Crippen molar-refractivity contribution >= 4 is 57.1 Å². The van der Waals surface area contributed by atoms with E-state index in [0.29, 0.717) is 21.3 Å². The lowest BCUT2D eigenvalue weighted by Crippen LogP contribution is -2.37. The standard InChI is InChI=1S/C18H18ClN3O3S2/c19-11-6-2-3-7-12(11)25-9-14(23)21-18(26)22-17-15(16(20)24)10-5-1-4-8-13(10)27-17/h2-3,6-7H,1,4-5,8-9H2,(H2,20,24)(H2,21,22,23,26). The highest BCUT2D eigenvalue weighted by molar-refractivity contribution is 7.80. The summed E-state index contributed by atoms with van der Waals surface area (Å²) in [4.78, 5) is 25.1. The van der Waals surface area contributed by atoms with Crippen LogP contribution in [-0.4, -0.2) is 23.5 Å². The number of fused-ring (bicyclic) bond motifs is 1. The Hall–Kier alpha value is -2.16. The molecule has 1 aliphatic carbocycles. The third-order valence-electron chi connectivity index (χ3n) is 4.09. The van der Waals surface area contributed by atoms with Gasteiger partial charge in [0.25, 0.3) is 11.8 Å². The molecule has 0 aliphatic heterocycles. The van der Waals surface area contributed by atoms with Crippen LogP contribution in [0.3, 0.4) is 0 Å². The van der Waals surface area contributed by atoms with Crippen molar-refractivity contribution < 1.29 is 14.3 Å². The molecule has 9 heteroatoms. The van der Waals surface area contributed by atoms with Crippen molar-refractivity contribution in [2.75, 3.05) is 11.9 Å². The van der Waals surface area contributed by atoms with E-state index in [9.17, 15) is 9.59 Å². The molecule has 6 nitrogen and oxygen atoms in total. The fourth-order valence-electron chi connectivity index (χ4n) is 2.92. The number of rotatable bonds is 5. The van der Waals surface area contributed by atoms with Crippen molar-refractivity contribution in [3.63, 3.8) is 0 Å². The van der Waals surface area contributed by atoms with Gasteiger partial charge in [0.15, 0.2) is 11.7 Å². The lowest BCUT2D eigenvalue weighted by molar-refractivity contribution is -0.121. The van der Waals surface area contributed by atoms with Crippen LogP contribution in [0.4, 0.5) is 5.00 Å². The number of nitrogens with two attached hydrogens (primary N) is 1. The molecule has 1 heterocycles. The minimum absolute atomic E-state index is 0.0869. The Morgan fingerprint density at radius 2 is 2.00 bits per heavy atom. The number of para-hydroxylation sites is 1. The zero-order valence-corrected chi connectivity index (χ0v) is 16.7. The first-order chi connectivity index (χ1) is 13.0. The van der Waals surface area contributed by atoms with E-state index in [-0.39, 0.29) is 11.7 Å². The second-order valence-electron chi connectivity index (χ2n) is 6.00. The van der Waals surface area contributed by atoms with E-state index in [1.54, 1.807) is 24.3 Å². The smallest absolute Gasteiger partial charge is 0.264 e. The van der Waals surface area contributed by atoms with Gasteiger partial charge in [0.2, 0.25) is 0 Å². The minimum Gasteiger partial charge on any atom is -0.482 e. The molecule has 0 spiro atoms. The van der Waals surface area contributed by atoms with Crippen LogP contribution in [0.5, 0.6) is 5.75 Å². The molecule has 1 aromatic heterocycles. The summed E-state index contributed by atoms with van der Waals surface area (Å²) in [7, 11) is 0. The summed E-state index contributed by atoms with van der Waals surface area (Å²) in [6, 6.07) is 6.87. The number of ether oxygens (including phenoxy) is 1. The Kier molecular flexibility index (Phi) is 6.30. The first kappa shape index (κ1) is 19.6. The lowest BCUT2D eigenvalue weighted by Gasteiger charge is -2.12. The van der Waals surface area contributed by atoms with Crippen molar-refractivity contribution in [3.8, 4) is 5.75 Å². The summed E-state index contributed by atoms with van der Waals surface area (Å²) in [5.41, 5.74) is 7.02. The van der Waals surface area contributed by atoms with Crippen LogP contribution < -0.4 is 21.1 Å². The van der Waals surface area contributed by atoms with Gasteiger partial charge in [0.05, 0.1) is 10.6 Å². The molecule has 1 aliphatic rings. The van der Waals surface area contributed by atoms with E-state index >= 15 is 0 Å². The van der Waals surface area contributed by atoms with E-state index in [2.05, 4.69) is 10.6 Å². The summed E-state index contributed by atoms with van der Waals surface area (Å²) in [6.07, 6.45) is 3.87. The zero-order valence-electron chi connectivity index (χ0n) is 14.3. The number of thiophene rings is 1. The highest BCUT2D eigenvalue weighted by Crippen LogP contribution is 2.37. The molecule has 2 amide bonds. The van der Waals surface area contributed by atoms with Crippen LogP contribution in [0.1, 0.15) is 33.6 Å². The number of primary amides is 1. The second-order valence-corrected chi connectivity index (χ2v) is 7.92. The second kappa shape index (κ2) is 8.69. The van der Waals surface area contributed by atoms with Gasteiger partial charge in [-0.2, -0.15) is 0 Å². The van der Waals surface area contributed by atoms with E-state index in [4.69, 9.17) is 34.3 Å². The first-order valence-corrected chi connectivity index (χ1v) is 9.98. The van der Waals surface area contributed by atoms with Gasteiger partial charge in [-0.1, -0.05) is 23.7 Å². The third kappa shape index (κ3) is 4.77. The van der Waals surface area contributed by atoms with Crippen LogP contribution in [0.2, 0.25) is 5.02 Å². The molecule has 0 unspecified atom stereocenters. The Morgan fingerprint density at radius 1 is 1.26 bits per heavy atom. The minimum atomic E-state index is -0.493. The number of carbonyl (C=O) groups excluding carboxylic acids is 2. The van der Waals surface area contributed by atoms with E-state index in [1.165, 1.54) is 11.3 Å². The Balaban J connectivity index is 1.61. The quantitative estimate of drug-likeness (QED) is 0.642. The third-order valence-corrected chi connectivity index (χ3v) is 5.82. The van der Waals surface area contributed by atoms with Gasteiger partial charge < -0.3 is 15.8 Å². The molecule has 0 radical (unpaired) electrons. The molecule has 0 bridgehead atoms. The lowest BCUT2D eigenvalue weighted by atomic mass is 9.95. The average molecular weight is 424 g/mol. The molecule has 0 fully saturated rings. The Morgan fingerprint density at radius 3 is 2.74 bits per heavy atom. The van der Waals surface area contributed by atoms with Crippen molar-refractivity contribution in [2.24, 2.45) is 5.73 Å². The number of halogens is 1. The maximum atomic E-state index is 12.0. The number of anilines is 1. The summed E-state index contributed by atoms with van der Waals surface area (Å²) in [6.45, 7) is -0.241. The number of hydrogen-bond donors (Lipinski definition) is 3. The summed E-state index contributed by atoms with van der Waals surface area (Å²) in [5.74, 6) is -0.516. The molecule has 4 N–H and O–H groups in total. The number of nitrogens with one attached hydrogen (secondary N) is 2. The molecule has 142 valence electrons. The van der Waals surface area contributed by atoms with E-state index in [0.717, 1.165) is 36.1 Å². The maximum absolute atomic E-state index is 12.0. The molecule has 0 saturated carbocycles. The number of aryl methyl sites for hydroxylation is 1. The average Bonchev–Trinajstić information content (AvgIpc) is 2.98. The Bertz CT molecular complexity index is 898. The molecule has 3 rings (SSSR count). The van der Waals surface area contributed by atoms with E-state index < -0.39 is 11.8 Å².